The summed E-state index contributed by atoms with van der Waals surface area (Å²) in [5.41, 5.74) is 1.72. The molecule has 1 aromatic rings. The lowest BCUT2D eigenvalue weighted by atomic mass is 10.0. The first-order valence-corrected chi connectivity index (χ1v) is 6.41. The molecule has 0 aliphatic heterocycles. The molecule has 0 fully saturated rings. The maximum atomic E-state index is 9.67. The Morgan fingerprint density at radius 1 is 1.25 bits per heavy atom. The highest BCUT2D eigenvalue weighted by Gasteiger charge is 2.16. The Morgan fingerprint density at radius 3 is 2.31 bits per heavy atom. The van der Waals surface area contributed by atoms with Gasteiger partial charge in [-0.1, -0.05) is 37.6 Å². The fraction of sp³-hybridized carbons (Fsp3) is 0.500. The van der Waals surface area contributed by atoms with Crippen LogP contribution >= 0.6 is 34.8 Å². The number of hydrogen-bond acceptors (Lipinski definition) is 1. The Kier molecular flexibility index (Phi) is 5.39. The van der Waals surface area contributed by atoms with E-state index in [0.717, 1.165) is 12.0 Å². The molecule has 1 aromatic carbocycles. The monoisotopic (exact) mass is 280 g/mol. The van der Waals surface area contributed by atoms with Crippen LogP contribution < -0.4 is 0 Å². The zero-order valence-electron chi connectivity index (χ0n) is 9.25. The van der Waals surface area contributed by atoms with Gasteiger partial charge in [-0.05, 0) is 29.5 Å². The number of benzene rings is 1. The van der Waals surface area contributed by atoms with Crippen molar-refractivity contribution in [1.29, 1.82) is 0 Å². The van der Waals surface area contributed by atoms with E-state index in [9.17, 15) is 5.11 Å². The summed E-state index contributed by atoms with van der Waals surface area (Å²) in [6, 6.07) is 5.45. The maximum Gasteiger partial charge on any atom is 0.137 e. The molecule has 0 aliphatic rings. The fourth-order valence-corrected chi connectivity index (χ4v) is 2.06. The third-order valence-electron chi connectivity index (χ3n) is 2.29. The topological polar surface area (TPSA) is 20.2 Å². The van der Waals surface area contributed by atoms with Gasteiger partial charge in [-0.15, -0.1) is 23.2 Å². The van der Waals surface area contributed by atoms with Crippen molar-refractivity contribution in [2.75, 3.05) is 0 Å². The molecule has 0 radical (unpaired) electrons. The van der Waals surface area contributed by atoms with Gasteiger partial charge in [0.1, 0.15) is 10.9 Å². The normalized spacial score (nSPS) is 13.5. The number of rotatable bonds is 4. The number of aliphatic hydroxyl groups excluding tert-OH is 1. The van der Waals surface area contributed by atoms with Crippen molar-refractivity contribution < 1.29 is 5.11 Å². The highest BCUT2D eigenvalue weighted by molar-refractivity contribution is 6.44. The summed E-state index contributed by atoms with van der Waals surface area (Å²) in [4.78, 5) is -0.841. The average molecular weight is 282 g/mol. The van der Waals surface area contributed by atoms with E-state index in [1.54, 1.807) is 6.07 Å². The van der Waals surface area contributed by atoms with Crippen LogP contribution in [0, 0.1) is 5.92 Å². The van der Waals surface area contributed by atoms with E-state index in [4.69, 9.17) is 34.8 Å². The van der Waals surface area contributed by atoms with Crippen molar-refractivity contribution in [1.82, 2.24) is 0 Å². The molecule has 1 atom stereocenters. The van der Waals surface area contributed by atoms with Crippen molar-refractivity contribution in [3.63, 3.8) is 0 Å². The van der Waals surface area contributed by atoms with Crippen LogP contribution in [-0.4, -0.2) is 9.94 Å². The van der Waals surface area contributed by atoms with Gasteiger partial charge >= 0.3 is 0 Å². The van der Waals surface area contributed by atoms with E-state index in [2.05, 4.69) is 13.8 Å². The molecule has 1 unspecified atom stereocenters. The molecule has 1 nitrogen and oxygen atoms in total. The number of hydrogen-bond donors (Lipinski definition) is 1. The Labute approximate surface area is 111 Å². The zero-order valence-corrected chi connectivity index (χ0v) is 11.5. The molecule has 1 rings (SSSR count). The molecule has 0 bridgehead atoms. The van der Waals surface area contributed by atoms with Gasteiger partial charge in [0.25, 0.3) is 0 Å². The molecule has 0 saturated heterocycles. The molecule has 0 saturated carbocycles. The lowest BCUT2D eigenvalue weighted by Gasteiger charge is -2.14. The van der Waals surface area contributed by atoms with Crippen LogP contribution in [0.4, 0.5) is 0 Å². The molecule has 0 aliphatic carbocycles. The molecule has 0 aromatic heterocycles. The van der Waals surface area contributed by atoms with Crippen LogP contribution in [0.25, 0.3) is 0 Å². The van der Waals surface area contributed by atoms with Gasteiger partial charge in [0.05, 0.1) is 0 Å². The summed E-state index contributed by atoms with van der Waals surface area (Å²) in [5.74, 6) is 0.544. The van der Waals surface area contributed by atoms with E-state index in [1.165, 1.54) is 0 Å². The van der Waals surface area contributed by atoms with Crippen LogP contribution in [0.1, 0.15) is 31.1 Å². The predicted octanol–water partition coefficient (Wildman–Crippen LogP) is 4.38. The molecule has 16 heavy (non-hydrogen) atoms. The molecule has 0 amide bonds. The average Bonchev–Trinajstić information content (AvgIpc) is 2.19. The largest absolute Gasteiger partial charge is 0.386 e. The van der Waals surface area contributed by atoms with E-state index < -0.39 is 10.9 Å². The first kappa shape index (κ1) is 14.1. The van der Waals surface area contributed by atoms with Gasteiger partial charge in [-0.2, -0.15) is 0 Å². The number of alkyl halides is 2. The van der Waals surface area contributed by atoms with Crippen molar-refractivity contribution in [3.8, 4) is 0 Å². The van der Waals surface area contributed by atoms with Crippen molar-refractivity contribution in [2.24, 2.45) is 5.92 Å². The molecule has 90 valence electrons. The van der Waals surface area contributed by atoms with Crippen LogP contribution in [0.5, 0.6) is 0 Å². The standard InChI is InChI=1S/C12H15Cl3O/c1-7(2)5-8-3-4-9(6-10(8)13)11(16)12(14)15/h3-4,6-7,11-12,16H,5H2,1-2H3. The quantitative estimate of drug-likeness (QED) is 0.812. The van der Waals surface area contributed by atoms with Gasteiger partial charge in [0.15, 0.2) is 0 Å². The SMILES string of the molecule is CC(C)Cc1ccc(C(O)C(Cl)Cl)cc1Cl. The number of aliphatic hydroxyl groups is 1. The third-order valence-corrected chi connectivity index (χ3v) is 3.11. The minimum Gasteiger partial charge on any atom is -0.386 e. The highest BCUT2D eigenvalue weighted by atomic mass is 35.5. The Hall–Kier alpha value is 0.0500. The van der Waals surface area contributed by atoms with Crippen LogP contribution in [0.2, 0.25) is 5.02 Å². The molecule has 4 heteroatoms. The first-order chi connectivity index (χ1) is 7.41. The highest BCUT2D eigenvalue weighted by Crippen LogP contribution is 2.28. The van der Waals surface area contributed by atoms with Crippen molar-refractivity contribution in [2.45, 2.75) is 31.2 Å². The van der Waals surface area contributed by atoms with E-state index in [-0.39, 0.29) is 0 Å². The Balaban J connectivity index is 2.90. The van der Waals surface area contributed by atoms with Crippen molar-refractivity contribution >= 4 is 34.8 Å². The fourth-order valence-electron chi connectivity index (χ4n) is 1.50. The Bertz CT molecular complexity index is 350. The van der Waals surface area contributed by atoms with Gasteiger partial charge in [0.2, 0.25) is 0 Å². The van der Waals surface area contributed by atoms with Gasteiger partial charge in [-0.3, -0.25) is 0 Å². The van der Waals surface area contributed by atoms with Gasteiger partial charge in [-0.25, -0.2) is 0 Å². The third kappa shape index (κ3) is 3.81. The molecule has 0 heterocycles. The molecule has 1 N–H and O–H groups in total. The second-order valence-electron chi connectivity index (χ2n) is 4.23. The van der Waals surface area contributed by atoms with E-state index in [1.807, 2.05) is 12.1 Å². The second-order valence-corrected chi connectivity index (χ2v) is 5.80. The lowest BCUT2D eigenvalue weighted by molar-refractivity contribution is 0.193. The minimum atomic E-state index is -0.895. The van der Waals surface area contributed by atoms with Crippen molar-refractivity contribution in [3.05, 3.63) is 34.3 Å². The predicted molar refractivity (Wildman–Crippen MR) is 70.4 cm³/mol. The maximum absolute atomic E-state index is 9.67. The van der Waals surface area contributed by atoms with Gasteiger partial charge < -0.3 is 5.11 Å². The van der Waals surface area contributed by atoms with E-state index >= 15 is 0 Å². The summed E-state index contributed by atoms with van der Waals surface area (Å²) in [6.45, 7) is 4.26. The second kappa shape index (κ2) is 6.11. The lowest BCUT2D eigenvalue weighted by Crippen LogP contribution is -2.06. The smallest absolute Gasteiger partial charge is 0.137 e. The van der Waals surface area contributed by atoms with Crippen LogP contribution in [-0.2, 0) is 6.42 Å². The van der Waals surface area contributed by atoms with Crippen LogP contribution in [0.3, 0.4) is 0 Å². The summed E-state index contributed by atoms with van der Waals surface area (Å²) in [5, 5.41) is 10.3. The Morgan fingerprint density at radius 2 is 1.88 bits per heavy atom. The minimum absolute atomic E-state index is 0.544. The number of halogens is 3. The van der Waals surface area contributed by atoms with Gasteiger partial charge in [0, 0.05) is 5.02 Å². The zero-order chi connectivity index (χ0) is 12.3. The summed E-state index contributed by atoms with van der Waals surface area (Å²) in [6.07, 6.45) is 0.0225. The molecular weight excluding hydrogens is 266 g/mol. The summed E-state index contributed by atoms with van der Waals surface area (Å²) in [7, 11) is 0. The van der Waals surface area contributed by atoms with Crippen LogP contribution in [0.15, 0.2) is 18.2 Å². The summed E-state index contributed by atoms with van der Waals surface area (Å²) >= 11 is 17.3. The first-order valence-electron chi connectivity index (χ1n) is 5.16. The summed E-state index contributed by atoms with van der Waals surface area (Å²) < 4.78 is 0. The van der Waals surface area contributed by atoms with E-state index in [0.29, 0.717) is 16.5 Å². The molecule has 0 spiro atoms. The molecular formula is C12H15Cl3O.